The van der Waals surface area contributed by atoms with Gasteiger partial charge in [0.15, 0.2) is 11.5 Å². The van der Waals surface area contributed by atoms with E-state index in [0.717, 1.165) is 38.1 Å². The van der Waals surface area contributed by atoms with Crippen molar-refractivity contribution in [3.8, 4) is 11.5 Å². The van der Waals surface area contributed by atoms with Gasteiger partial charge in [-0.05, 0) is 50.9 Å². The molecule has 0 aliphatic heterocycles. The summed E-state index contributed by atoms with van der Waals surface area (Å²) >= 11 is 0. The van der Waals surface area contributed by atoms with Crippen LogP contribution in [-0.2, 0) is 11.3 Å². The van der Waals surface area contributed by atoms with Gasteiger partial charge in [0.1, 0.15) is 0 Å². The van der Waals surface area contributed by atoms with Crippen LogP contribution in [0.5, 0.6) is 11.5 Å². The number of phenols is 1. The summed E-state index contributed by atoms with van der Waals surface area (Å²) in [5, 5.41) is 12.9. The summed E-state index contributed by atoms with van der Waals surface area (Å²) in [6.07, 6.45) is 2.49. The quantitative estimate of drug-likeness (QED) is 0.675. The number of hydrogen-bond donors (Lipinski definition) is 2. The van der Waals surface area contributed by atoms with E-state index in [1.807, 2.05) is 12.1 Å². The lowest BCUT2D eigenvalue weighted by Gasteiger charge is -2.09. The lowest BCUT2D eigenvalue weighted by molar-refractivity contribution is 0.0760. The molecule has 0 saturated carbocycles. The van der Waals surface area contributed by atoms with Gasteiger partial charge < -0.3 is 19.9 Å². The van der Waals surface area contributed by atoms with Crippen LogP contribution in [0.15, 0.2) is 18.2 Å². The second kappa shape index (κ2) is 8.77. The first kappa shape index (κ1) is 15.8. The SMILES string of the molecule is COc1cc(CNCCCCOC(C)C)ccc1O. The van der Waals surface area contributed by atoms with E-state index in [0.29, 0.717) is 11.9 Å². The first-order valence-corrected chi connectivity index (χ1v) is 6.81. The number of benzene rings is 1. The molecule has 2 N–H and O–H groups in total. The molecule has 0 unspecified atom stereocenters. The van der Waals surface area contributed by atoms with Crippen LogP contribution in [0.1, 0.15) is 32.3 Å². The van der Waals surface area contributed by atoms with Crippen molar-refractivity contribution in [2.24, 2.45) is 0 Å². The Bertz CT molecular complexity index is 366. The van der Waals surface area contributed by atoms with Crippen molar-refractivity contribution in [3.63, 3.8) is 0 Å². The molecule has 0 amide bonds. The van der Waals surface area contributed by atoms with Crippen LogP contribution in [0.25, 0.3) is 0 Å². The fraction of sp³-hybridized carbons (Fsp3) is 0.600. The van der Waals surface area contributed by atoms with Crippen molar-refractivity contribution in [2.45, 2.75) is 39.3 Å². The maximum absolute atomic E-state index is 9.49. The summed E-state index contributed by atoms with van der Waals surface area (Å²) in [7, 11) is 1.56. The molecule has 0 fully saturated rings. The first-order valence-electron chi connectivity index (χ1n) is 6.81. The van der Waals surface area contributed by atoms with Crippen molar-refractivity contribution >= 4 is 0 Å². The summed E-state index contributed by atoms with van der Waals surface area (Å²) < 4.78 is 10.6. The zero-order chi connectivity index (χ0) is 14.1. The smallest absolute Gasteiger partial charge is 0.160 e. The Kier molecular flexibility index (Phi) is 7.30. The average molecular weight is 267 g/mol. The molecule has 0 atom stereocenters. The third-order valence-corrected chi connectivity index (χ3v) is 2.77. The zero-order valence-electron chi connectivity index (χ0n) is 12.1. The number of hydrogen-bond acceptors (Lipinski definition) is 4. The molecule has 4 nitrogen and oxygen atoms in total. The molecule has 0 heterocycles. The Morgan fingerprint density at radius 3 is 2.74 bits per heavy atom. The molecule has 4 heteroatoms. The molecule has 0 radical (unpaired) electrons. The number of unbranched alkanes of at least 4 members (excludes halogenated alkanes) is 1. The van der Waals surface area contributed by atoms with Crippen molar-refractivity contribution in [1.29, 1.82) is 0 Å². The van der Waals surface area contributed by atoms with Crippen molar-refractivity contribution in [3.05, 3.63) is 23.8 Å². The van der Waals surface area contributed by atoms with Crippen molar-refractivity contribution < 1.29 is 14.6 Å². The van der Waals surface area contributed by atoms with Gasteiger partial charge in [-0.3, -0.25) is 0 Å². The van der Waals surface area contributed by atoms with Gasteiger partial charge in [-0.15, -0.1) is 0 Å². The number of ether oxygens (including phenoxy) is 2. The fourth-order valence-electron chi connectivity index (χ4n) is 1.74. The normalized spacial score (nSPS) is 10.9. The molecule has 0 saturated heterocycles. The summed E-state index contributed by atoms with van der Waals surface area (Å²) in [6, 6.07) is 5.41. The molecule has 0 spiro atoms. The van der Waals surface area contributed by atoms with Crippen LogP contribution < -0.4 is 10.1 Å². The van der Waals surface area contributed by atoms with Crippen LogP contribution in [0.4, 0.5) is 0 Å². The molecule has 1 aromatic rings. The standard InChI is InChI=1S/C15H25NO3/c1-12(2)19-9-5-4-8-16-11-13-6-7-14(17)15(10-13)18-3/h6-7,10,12,16-17H,4-5,8-9,11H2,1-3H3. The molecule has 0 aliphatic rings. The molecule has 19 heavy (non-hydrogen) atoms. The van der Waals surface area contributed by atoms with Gasteiger partial charge in [0.2, 0.25) is 0 Å². The van der Waals surface area contributed by atoms with Crippen LogP contribution in [-0.4, -0.2) is 31.5 Å². The van der Waals surface area contributed by atoms with E-state index in [4.69, 9.17) is 9.47 Å². The molecule has 108 valence electrons. The third kappa shape index (κ3) is 6.45. The summed E-state index contributed by atoms with van der Waals surface area (Å²) in [4.78, 5) is 0. The van der Waals surface area contributed by atoms with Gasteiger partial charge in [0.25, 0.3) is 0 Å². The molecule has 1 aromatic carbocycles. The zero-order valence-corrected chi connectivity index (χ0v) is 12.1. The molecule has 1 rings (SSSR count). The van der Waals surface area contributed by atoms with E-state index in [9.17, 15) is 5.11 Å². The van der Waals surface area contributed by atoms with Crippen molar-refractivity contribution in [2.75, 3.05) is 20.3 Å². The highest BCUT2D eigenvalue weighted by atomic mass is 16.5. The Morgan fingerprint density at radius 2 is 2.05 bits per heavy atom. The van der Waals surface area contributed by atoms with E-state index in [-0.39, 0.29) is 5.75 Å². The molecular weight excluding hydrogens is 242 g/mol. The van der Waals surface area contributed by atoms with Gasteiger partial charge in [0, 0.05) is 13.2 Å². The fourth-order valence-corrected chi connectivity index (χ4v) is 1.74. The Labute approximate surface area is 115 Å². The lowest BCUT2D eigenvalue weighted by Crippen LogP contribution is -2.15. The van der Waals surface area contributed by atoms with E-state index in [2.05, 4.69) is 19.2 Å². The maximum Gasteiger partial charge on any atom is 0.160 e. The average Bonchev–Trinajstić information content (AvgIpc) is 2.39. The van der Waals surface area contributed by atoms with Gasteiger partial charge in [-0.2, -0.15) is 0 Å². The Morgan fingerprint density at radius 1 is 1.26 bits per heavy atom. The number of aromatic hydroxyl groups is 1. The highest BCUT2D eigenvalue weighted by molar-refractivity contribution is 5.41. The minimum atomic E-state index is 0.178. The summed E-state index contributed by atoms with van der Waals surface area (Å²) in [6.45, 7) is 6.67. The second-order valence-electron chi connectivity index (χ2n) is 4.81. The highest BCUT2D eigenvalue weighted by Gasteiger charge is 2.02. The highest BCUT2D eigenvalue weighted by Crippen LogP contribution is 2.26. The topological polar surface area (TPSA) is 50.7 Å². The Hall–Kier alpha value is -1.26. The van der Waals surface area contributed by atoms with Crippen molar-refractivity contribution in [1.82, 2.24) is 5.32 Å². The number of rotatable bonds is 9. The van der Waals surface area contributed by atoms with Crippen LogP contribution >= 0.6 is 0 Å². The number of methoxy groups -OCH3 is 1. The first-order chi connectivity index (χ1) is 9.13. The van der Waals surface area contributed by atoms with Crippen LogP contribution in [0.3, 0.4) is 0 Å². The van der Waals surface area contributed by atoms with E-state index >= 15 is 0 Å². The van der Waals surface area contributed by atoms with E-state index < -0.39 is 0 Å². The van der Waals surface area contributed by atoms with Gasteiger partial charge in [-0.1, -0.05) is 6.07 Å². The molecule has 0 bridgehead atoms. The lowest BCUT2D eigenvalue weighted by atomic mass is 10.2. The molecular formula is C15H25NO3. The van der Waals surface area contributed by atoms with Gasteiger partial charge in [-0.25, -0.2) is 0 Å². The largest absolute Gasteiger partial charge is 0.504 e. The minimum absolute atomic E-state index is 0.178. The summed E-state index contributed by atoms with van der Waals surface area (Å²) in [5.41, 5.74) is 1.10. The maximum atomic E-state index is 9.49. The van der Waals surface area contributed by atoms with Crippen LogP contribution in [0, 0.1) is 0 Å². The number of phenolic OH excluding ortho intramolecular Hbond substituents is 1. The Balaban J connectivity index is 2.15. The van der Waals surface area contributed by atoms with Gasteiger partial charge in [0.05, 0.1) is 13.2 Å². The monoisotopic (exact) mass is 267 g/mol. The van der Waals surface area contributed by atoms with E-state index in [1.165, 1.54) is 0 Å². The minimum Gasteiger partial charge on any atom is -0.504 e. The predicted octanol–water partition coefficient (Wildman–Crippen LogP) is 2.70. The number of nitrogens with one attached hydrogen (secondary N) is 1. The van der Waals surface area contributed by atoms with E-state index in [1.54, 1.807) is 13.2 Å². The molecule has 0 aromatic heterocycles. The molecule has 0 aliphatic carbocycles. The van der Waals surface area contributed by atoms with Crippen LogP contribution in [0.2, 0.25) is 0 Å². The second-order valence-corrected chi connectivity index (χ2v) is 4.81. The summed E-state index contributed by atoms with van der Waals surface area (Å²) in [5.74, 6) is 0.696. The third-order valence-electron chi connectivity index (χ3n) is 2.77. The van der Waals surface area contributed by atoms with Gasteiger partial charge >= 0.3 is 0 Å². The predicted molar refractivity (Wildman–Crippen MR) is 76.7 cm³/mol.